The van der Waals surface area contributed by atoms with Gasteiger partial charge in [0.2, 0.25) is 5.91 Å². The highest BCUT2D eigenvalue weighted by atomic mass is 16.3. The second-order valence-electron chi connectivity index (χ2n) is 19.5. The summed E-state index contributed by atoms with van der Waals surface area (Å²) in [7, 11) is 0. The molecule has 55 heavy (non-hydrogen) atoms. The van der Waals surface area contributed by atoms with Crippen LogP contribution in [0, 0.1) is 52.3 Å². The molecule has 318 valence electrons. The Morgan fingerprint density at radius 1 is 0.745 bits per heavy atom. The number of hydrogen-bond acceptors (Lipinski definition) is 6. The molecule has 0 spiro atoms. The van der Waals surface area contributed by atoms with Gasteiger partial charge in [0, 0.05) is 32.6 Å². The molecule has 0 aromatic carbocycles. The molecule has 0 aliphatic heterocycles. The van der Waals surface area contributed by atoms with Crippen LogP contribution >= 0.6 is 0 Å². The summed E-state index contributed by atoms with van der Waals surface area (Å²) in [6.45, 7) is 14.2. The molecule has 7 nitrogen and oxygen atoms in total. The number of rotatable bonds is 27. The summed E-state index contributed by atoms with van der Waals surface area (Å²) >= 11 is 0. The Hall–Kier alpha value is -1.28. The van der Waals surface area contributed by atoms with Gasteiger partial charge in [-0.25, -0.2) is 0 Å². The molecule has 7 heteroatoms. The molecule has 0 heterocycles. The maximum absolute atomic E-state index is 12.8. The molecule has 1 unspecified atom stereocenters. The van der Waals surface area contributed by atoms with Crippen LogP contribution < -0.4 is 16.0 Å². The standard InChI is InChI=1S/C48H87N3O4/c1-6-8-9-10-11-12-13-14-15-16-17-18-19-20-21-22-38(53)34-50-35-49-31-32-51-44(54)26-23-36(3)40-24-25-41-45-42(28-30-47(40,41)4)48(5)29-27-37(52)33-43(48)39(7-2)46(45)55/h14-15,36-37,39-43,45-46,49-50,52,55H,6-13,16-35H2,1-5H3,(H,51,54)/b15-14-/t36-,37-,39-,40?,41+,42+,43+,45+,46-,47-,48-/m1/s1. The fourth-order valence-electron chi connectivity index (χ4n) is 12.7. The number of aliphatic hydroxyl groups is 2. The predicted octanol–water partition coefficient (Wildman–Crippen LogP) is 9.89. The highest BCUT2D eigenvalue weighted by molar-refractivity contribution is 5.80. The Morgan fingerprint density at radius 2 is 1.40 bits per heavy atom. The van der Waals surface area contributed by atoms with Crippen molar-refractivity contribution >= 4 is 11.7 Å². The predicted molar refractivity (Wildman–Crippen MR) is 229 cm³/mol. The van der Waals surface area contributed by atoms with Crippen molar-refractivity contribution in [2.24, 2.45) is 52.3 Å². The van der Waals surface area contributed by atoms with Crippen LogP contribution in [0.3, 0.4) is 0 Å². The molecule has 0 radical (unpaired) electrons. The number of amides is 1. The van der Waals surface area contributed by atoms with E-state index >= 15 is 0 Å². The van der Waals surface area contributed by atoms with Gasteiger partial charge in [0.1, 0.15) is 5.78 Å². The molecule has 4 saturated carbocycles. The summed E-state index contributed by atoms with van der Waals surface area (Å²) in [6, 6.07) is 0. The van der Waals surface area contributed by atoms with Crippen molar-refractivity contribution in [2.75, 3.05) is 26.3 Å². The Kier molecular flexibility index (Phi) is 20.2. The lowest BCUT2D eigenvalue weighted by Gasteiger charge is -2.64. The summed E-state index contributed by atoms with van der Waals surface area (Å²) in [5.74, 6) is 3.72. The van der Waals surface area contributed by atoms with E-state index in [0.29, 0.717) is 80.6 Å². The number of ketones is 1. The Morgan fingerprint density at radius 3 is 2.11 bits per heavy atom. The van der Waals surface area contributed by atoms with E-state index in [9.17, 15) is 19.8 Å². The third kappa shape index (κ3) is 13.1. The maximum atomic E-state index is 12.8. The molecule has 11 atom stereocenters. The first-order chi connectivity index (χ1) is 26.6. The van der Waals surface area contributed by atoms with E-state index in [1.807, 2.05) is 0 Å². The van der Waals surface area contributed by atoms with Crippen LogP contribution in [-0.2, 0) is 9.59 Å². The van der Waals surface area contributed by atoms with Crippen LogP contribution in [0.15, 0.2) is 12.2 Å². The zero-order valence-electron chi connectivity index (χ0n) is 36.4. The highest BCUT2D eigenvalue weighted by Crippen LogP contribution is 2.69. The maximum Gasteiger partial charge on any atom is 0.220 e. The van der Waals surface area contributed by atoms with E-state index in [2.05, 4.69) is 62.7 Å². The first kappa shape index (κ1) is 46.4. The quantitative estimate of drug-likeness (QED) is 0.0323. The number of carbonyl (C=O) groups is 2. The summed E-state index contributed by atoms with van der Waals surface area (Å²) in [5, 5.41) is 32.2. The number of Topliss-reactive ketones (excluding diaryl/α,β-unsaturated/α-hetero) is 1. The first-order valence-electron chi connectivity index (χ1n) is 23.8. The first-order valence-corrected chi connectivity index (χ1v) is 23.8. The van der Waals surface area contributed by atoms with E-state index in [1.54, 1.807) is 0 Å². The van der Waals surface area contributed by atoms with Crippen molar-refractivity contribution in [2.45, 2.75) is 201 Å². The highest BCUT2D eigenvalue weighted by Gasteiger charge is 2.64. The summed E-state index contributed by atoms with van der Waals surface area (Å²) in [4.78, 5) is 25.1. The molecule has 4 aliphatic carbocycles. The average Bonchev–Trinajstić information content (AvgIpc) is 3.53. The number of unbranched alkanes of at least 4 members (excludes halogenated alkanes) is 11. The molecule has 4 rings (SSSR count). The number of aliphatic hydroxyl groups excluding tert-OH is 2. The van der Waals surface area contributed by atoms with Crippen molar-refractivity contribution in [1.82, 2.24) is 16.0 Å². The average molecular weight is 770 g/mol. The van der Waals surface area contributed by atoms with E-state index in [-0.39, 0.29) is 34.7 Å². The molecule has 4 fully saturated rings. The molecular weight excluding hydrogens is 683 g/mol. The van der Waals surface area contributed by atoms with Crippen LogP contribution in [0.4, 0.5) is 0 Å². The normalized spacial score (nSPS) is 33.6. The number of carbonyl (C=O) groups excluding carboxylic acids is 2. The molecule has 0 aromatic heterocycles. The summed E-state index contributed by atoms with van der Waals surface area (Å²) in [5.41, 5.74) is 0.467. The largest absolute Gasteiger partial charge is 0.393 e. The Bertz CT molecular complexity index is 1150. The van der Waals surface area contributed by atoms with Crippen molar-refractivity contribution in [3.05, 3.63) is 12.2 Å². The van der Waals surface area contributed by atoms with Crippen LogP contribution in [-0.4, -0.2) is 60.4 Å². The van der Waals surface area contributed by atoms with Crippen LogP contribution in [0.1, 0.15) is 189 Å². The van der Waals surface area contributed by atoms with Gasteiger partial charge in [-0.15, -0.1) is 0 Å². The minimum absolute atomic E-state index is 0.132. The van der Waals surface area contributed by atoms with Gasteiger partial charge in [0.15, 0.2) is 0 Å². The molecule has 5 N–H and O–H groups in total. The fraction of sp³-hybridized carbons (Fsp3) is 0.917. The fourth-order valence-corrected chi connectivity index (χ4v) is 12.7. The van der Waals surface area contributed by atoms with E-state index < -0.39 is 0 Å². The molecule has 0 saturated heterocycles. The lowest BCUT2D eigenvalue weighted by atomic mass is 9.41. The van der Waals surface area contributed by atoms with E-state index in [0.717, 1.165) is 44.9 Å². The second kappa shape index (κ2) is 24.0. The van der Waals surface area contributed by atoms with Crippen molar-refractivity contribution in [3.63, 3.8) is 0 Å². The molecule has 1 amide bonds. The van der Waals surface area contributed by atoms with Gasteiger partial charge in [0.05, 0.1) is 18.8 Å². The topological polar surface area (TPSA) is 111 Å². The number of allylic oxidation sites excluding steroid dienone is 2. The Labute approximate surface area is 338 Å². The van der Waals surface area contributed by atoms with Crippen molar-refractivity contribution in [1.29, 1.82) is 0 Å². The van der Waals surface area contributed by atoms with Gasteiger partial charge in [-0.1, -0.05) is 105 Å². The lowest BCUT2D eigenvalue weighted by molar-refractivity contribution is -0.203. The molecular formula is C48H87N3O4. The van der Waals surface area contributed by atoms with Gasteiger partial charge in [-0.3, -0.25) is 14.9 Å². The molecule has 4 aliphatic rings. The number of fused-ring (bicyclic) bond motifs is 5. The summed E-state index contributed by atoms with van der Waals surface area (Å²) in [6.07, 6.45) is 31.7. The lowest BCUT2D eigenvalue weighted by Crippen LogP contribution is -2.62. The minimum atomic E-state index is -0.255. The van der Waals surface area contributed by atoms with E-state index in [1.165, 1.54) is 96.3 Å². The van der Waals surface area contributed by atoms with Crippen LogP contribution in [0.25, 0.3) is 0 Å². The minimum Gasteiger partial charge on any atom is -0.393 e. The van der Waals surface area contributed by atoms with Crippen molar-refractivity contribution in [3.8, 4) is 0 Å². The van der Waals surface area contributed by atoms with Crippen LogP contribution in [0.2, 0.25) is 0 Å². The summed E-state index contributed by atoms with van der Waals surface area (Å²) < 4.78 is 0. The van der Waals surface area contributed by atoms with Gasteiger partial charge in [-0.05, 0) is 136 Å². The zero-order chi connectivity index (χ0) is 39.7. The van der Waals surface area contributed by atoms with Gasteiger partial charge in [-0.2, -0.15) is 0 Å². The SMILES string of the molecule is CCCCCCCC/C=C\CCCCCCCC(=O)CNCNCCNC(=O)CC[C@@H](C)C1CC[C@H]2[C@@H]3[C@H](O)[C@H](CC)[C@@H]4C[C@H](O)CC[C@]4(C)[C@H]3CC[C@]12C. The van der Waals surface area contributed by atoms with Gasteiger partial charge in [0.25, 0.3) is 0 Å². The third-order valence-corrected chi connectivity index (χ3v) is 15.9. The smallest absolute Gasteiger partial charge is 0.220 e. The zero-order valence-corrected chi connectivity index (χ0v) is 36.4. The van der Waals surface area contributed by atoms with Crippen LogP contribution in [0.5, 0.6) is 0 Å². The van der Waals surface area contributed by atoms with Gasteiger partial charge < -0.3 is 20.8 Å². The molecule has 0 bridgehead atoms. The Balaban J connectivity index is 1.01. The van der Waals surface area contributed by atoms with Gasteiger partial charge >= 0.3 is 0 Å². The third-order valence-electron chi connectivity index (χ3n) is 15.9. The van der Waals surface area contributed by atoms with E-state index in [4.69, 9.17) is 0 Å². The second-order valence-corrected chi connectivity index (χ2v) is 19.5. The molecule has 0 aromatic rings. The monoisotopic (exact) mass is 770 g/mol. The van der Waals surface area contributed by atoms with Crippen molar-refractivity contribution < 1.29 is 19.8 Å². The number of hydrogen-bond donors (Lipinski definition) is 5. The number of nitrogens with one attached hydrogen (secondary N) is 3.